The van der Waals surface area contributed by atoms with Crippen molar-refractivity contribution >= 4 is 11.8 Å². The highest BCUT2D eigenvalue weighted by Gasteiger charge is 2.37. The first-order valence-corrected chi connectivity index (χ1v) is 4.83. The quantitative estimate of drug-likeness (QED) is 0.490. The van der Waals surface area contributed by atoms with Crippen molar-refractivity contribution in [2.45, 2.75) is 12.2 Å². The average Bonchev–Trinajstić information content (AvgIpc) is 2.25. The van der Waals surface area contributed by atoms with E-state index in [1.807, 2.05) is 0 Å². The molecule has 2 rings (SSSR count). The first-order chi connectivity index (χ1) is 8.08. The molecule has 1 aromatic rings. The topological polar surface area (TPSA) is 98.9 Å². The molecule has 1 saturated heterocycles. The Balaban J connectivity index is 2.07. The van der Waals surface area contributed by atoms with Crippen LogP contribution in [0.3, 0.4) is 0 Å². The molecule has 0 aliphatic carbocycles. The molecule has 0 spiro atoms. The van der Waals surface area contributed by atoms with Crippen LogP contribution in [0.25, 0.3) is 0 Å². The van der Waals surface area contributed by atoms with Crippen LogP contribution < -0.4 is 0 Å². The highest BCUT2D eigenvalue weighted by molar-refractivity contribution is 5.57. The van der Waals surface area contributed by atoms with Crippen molar-refractivity contribution in [2.75, 3.05) is 6.61 Å². The summed E-state index contributed by atoms with van der Waals surface area (Å²) in [6.45, 7) is 0.202. The highest BCUT2D eigenvalue weighted by Crippen LogP contribution is 2.33. The van der Waals surface area contributed by atoms with E-state index >= 15 is 0 Å². The number of carbonyl (C=O) groups is 1. The number of rotatable bonds is 3. The minimum absolute atomic E-state index is 0.0243. The Kier molecular flexibility index (Phi) is 2.92. The first kappa shape index (κ1) is 11.3. The van der Waals surface area contributed by atoms with Gasteiger partial charge in [0.25, 0.3) is 5.69 Å². The average molecular weight is 239 g/mol. The van der Waals surface area contributed by atoms with Gasteiger partial charge in [-0.1, -0.05) is 0 Å². The Bertz CT molecular complexity index is 443. The molecule has 0 bridgehead atoms. The summed E-state index contributed by atoms with van der Waals surface area (Å²) in [5.41, 5.74) is 0.636. The number of benzene rings is 1. The van der Waals surface area contributed by atoms with E-state index in [0.717, 1.165) is 0 Å². The lowest BCUT2D eigenvalue weighted by Gasteiger charge is -2.35. The molecular weight excluding hydrogens is 230 g/mol. The fourth-order valence-corrected chi connectivity index (χ4v) is 1.59. The van der Waals surface area contributed by atoms with Gasteiger partial charge in [-0.25, -0.2) is 4.79 Å². The molecule has 17 heavy (non-hydrogen) atoms. The van der Waals surface area contributed by atoms with Crippen molar-refractivity contribution in [2.24, 2.45) is 0 Å². The summed E-state index contributed by atoms with van der Waals surface area (Å²) in [7, 11) is 0. The minimum Gasteiger partial charge on any atom is -0.450 e. The summed E-state index contributed by atoms with van der Waals surface area (Å²) < 4.78 is 9.76. The van der Waals surface area contributed by atoms with Crippen molar-refractivity contribution in [3.05, 3.63) is 39.9 Å². The molecule has 0 saturated carbocycles. The molecule has 0 radical (unpaired) electrons. The van der Waals surface area contributed by atoms with Gasteiger partial charge in [-0.15, -0.1) is 0 Å². The van der Waals surface area contributed by atoms with Crippen LogP contribution in [0.2, 0.25) is 0 Å². The molecule has 0 amide bonds. The van der Waals surface area contributed by atoms with Crippen molar-refractivity contribution in [1.82, 2.24) is 0 Å². The van der Waals surface area contributed by atoms with Gasteiger partial charge in [0.2, 0.25) is 0 Å². The molecule has 1 N–H and O–H groups in total. The number of non-ortho nitro benzene ring substituents is 1. The van der Waals surface area contributed by atoms with Gasteiger partial charge in [-0.3, -0.25) is 10.1 Å². The van der Waals surface area contributed by atoms with Gasteiger partial charge in [0, 0.05) is 12.1 Å². The molecule has 2 unspecified atom stereocenters. The fourth-order valence-electron chi connectivity index (χ4n) is 1.59. The Hall–Kier alpha value is -2.15. The van der Waals surface area contributed by atoms with Gasteiger partial charge in [0.1, 0.15) is 6.10 Å². The first-order valence-electron chi connectivity index (χ1n) is 4.83. The van der Waals surface area contributed by atoms with E-state index in [1.165, 1.54) is 24.3 Å². The number of nitro groups is 1. The molecule has 7 heteroatoms. The zero-order chi connectivity index (χ0) is 12.4. The monoisotopic (exact) mass is 239 g/mol. The molecule has 1 aliphatic heterocycles. The van der Waals surface area contributed by atoms with Crippen molar-refractivity contribution < 1.29 is 24.3 Å². The molecule has 0 aromatic heterocycles. The van der Waals surface area contributed by atoms with E-state index in [2.05, 4.69) is 4.74 Å². The summed E-state index contributed by atoms with van der Waals surface area (Å²) in [5, 5.41) is 18.9. The Labute approximate surface area is 95.7 Å². The number of ether oxygens (including phenoxy) is 2. The van der Waals surface area contributed by atoms with Gasteiger partial charge in [0.05, 0.1) is 11.5 Å². The molecule has 7 nitrogen and oxygen atoms in total. The normalized spacial score (nSPS) is 22.6. The predicted octanol–water partition coefficient (Wildman–Crippen LogP) is 1.73. The lowest BCUT2D eigenvalue weighted by molar-refractivity contribution is -0.384. The summed E-state index contributed by atoms with van der Waals surface area (Å²) in [4.78, 5) is 20.3. The third kappa shape index (κ3) is 2.34. The van der Waals surface area contributed by atoms with Crippen molar-refractivity contribution in [1.29, 1.82) is 0 Å². The van der Waals surface area contributed by atoms with Gasteiger partial charge < -0.3 is 14.6 Å². The summed E-state index contributed by atoms with van der Waals surface area (Å²) in [6, 6.07) is 5.74. The van der Waals surface area contributed by atoms with Crippen LogP contribution in [0.4, 0.5) is 10.5 Å². The summed E-state index contributed by atoms with van der Waals surface area (Å²) in [6.07, 6.45) is -2.38. The van der Waals surface area contributed by atoms with E-state index in [0.29, 0.717) is 5.56 Å². The van der Waals surface area contributed by atoms with E-state index in [9.17, 15) is 14.9 Å². The molecule has 1 fully saturated rings. The Morgan fingerprint density at radius 1 is 1.47 bits per heavy atom. The largest absolute Gasteiger partial charge is 0.506 e. The van der Waals surface area contributed by atoms with Gasteiger partial charge >= 0.3 is 6.16 Å². The third-order valence-corrected chi connectivity index (χ3v) is 2.46. The molecule has 2 atom stereocenters. The summed E-state index contributed by atoms with van der Waals surface area (Å²) >= 11 is 0. The lowest BCUT2D eigenvalue weighted by atomic mass is 10.0. The van der Waals surface area contributed by atoms with Crippen LogP contribution >= 0.6 is 0 Å². The van der Waals surface area contributed by atoms with Crippen LogP contribution in [0.15, 0.2) is 24.3 Å². The molecule has 1 aliphatic rings. The predicted molar refractivity (Wildman–Crippen MR) is 54.7 cm³/mol. The zero-order valence-corrected chi connectivity index (χ0v) is 8.61. The van der Waals surface area contributed by atoms with Crippen LogP contribution in [-0.2, 0) is 9.47 Å². The van der Waals surface area contributed by atoms with Crippen molar-refractivity contribution in [3.63, 3.8) is 0 Å². The maximum Gasteiger partial charge on any atom is 0.506 e. The SMILES string of the molecule is O=C(O)OC1COC1c1ccc([N+](=O)[O-])cc1. The number of nitrogens with zero attached hydrogens (tertiary/aromatic N) is 1. The number of hydrogen-bond acceptors (Lipinski definition) is 5. The van der Waals surface area contributed by atoms with Crippen LogP contribution in [-0.4, -0.2) is 28.9 Å². The summed E-state index contributed by atoms with van der Waals surface area (Å²) in [5.74, 6) is 0. The Morgan fingerprint density at radius 3 is 2.53 bits per heavy atom. The van der Waals surface area contributed by atoms with Crippen LogP contribution in [0.5, 0.6) is 0 Å². The second-order valence-electron chi connectivity index (χ2n) is 3.52. The molecule has 90 valence electrons. The molecule has 1 aromatic carbocycles. The zero-order valence-electron chi connectivity index (χ0n) is 8.61. The third-order valence-electron chi connectivity index (χ3n) is 2.46. The Morgan fingerprint density at radius 2 is 2.12 bits per heavy atom. The number of carboxylic acid groups (broad SMARTS) is 1. The second kappa shape index (κ2) is 4.38. The van der Waals surface area contributed by atoms with Gasteiger partial charge in [0.15, 0.2) is 6.10 Å². The smallest absolute Gasteiger partial charge is 0.450 e. The van der Waals surface area contributed by atoms with E-state index in [4.69, 9.17) is 9.84 Å². The fraction of sp³-hybridized carbons (Fsp3) is 0.300. The second-order valence-corrected chi connectivity index (χ2v) is 3.52. The highest BCUT2D eigenvalue weighted by atomic mass is 16.7. The van der Waals surface area contributed by atoms with Crippen LogP contribution in [0.1, 0.15) is 11.7 Å². The number of hydrogen-bond donors (Lipinski definition) is 1. The number of nitro benzene ring substituents is 1. The van der Waals surface area contributed by atoms with Crippen LogP contribution in [0, 0.1) is 10.1 Å². The van der Waals surface area contributed by atoms with Gasteiger partial charge in [-0.05, 0) is 17.7 Å². The van der Waals surface area contributed by atoms with E-state index in [1.54, 1.807) is 0 Å². The van der Waals surface area contributed by atoms with Crippen molar-refractivity contribution in [3.8, 4) is 0 Å². The maximum absolute atomic E-state index is 10.4. The van der Waals surface area contributed by atoms with E-state index in [-0.39, 0.29) is 12.3 Å². The maximum atomic E-state index is 10.4. The molecule has 1 heterocycles. The standard InChI is InChI=1S/C10H9NO6/c12-10(13)17-8-5-16-9(8)6-1-3-7(4-2-6)11(14)15/h1-4,8-9H,5H2,(H,12,13). The van der Waals surface area contributed by atoms with Gasteiger partial charge in [-0.2, -0.15) is 0 Å². The lowest BCUT2D eigenvalue weighted by Crippen LogP contribution is -2.41. The molecular formula is C10H9NO6. The minimum atomic E-state index is -1.36. The van der Waals surface area contributed by atoms with E-state index < -0.39 is 23.3 Å².